The van der Waals surface area contributed by atoms with E-state index in [4.69, 9.17) is 9.47 Å². The summed E-state index contributed by atoms with van der Waals surface area (Å²) in [6.45, 7) is 7.31. The molecule has 0 aliphatic carbocycles. The Morgan fingerprint density at radius 1 is 1.35 bits per heavy atom. The van der Waals surface area contributed by atoms with Crippen LogP contribution in [-0.4, -0.2) is 31.3 Å². The molecule has 0 saturated carbocycles. The second-order valence-corrected chi connectivity index (χ2v) is 7.05. The van der Waals surface area contributed by atoms with E-state index in [1.54, 1.807) is 7.11 Å². The van der Waals surface area contributed by atoms with E-state index in [-0.39, 0.29) is 0 Å². The Hall–Kier alpha value is -1.03. The third-order valence-electron chi connectivity index (χ3n) is 3.45. The van der Waals surface area contributed by atoms with E-state index in [9.17, 15) is 0 Å². The Kier molecular flexibility index (Phi) is 5.08. The monoisotopic (exact) mass is 295 g/mol. The average Bonchev–Trinajstić information content (AvgIpc) is 2.38. The minimum atomic E-state index is 0.413. The van der Waals surface area contributed by atoms with E-state index in [0.717, 1.165) is 17.2 Å². The van der Waals surface area contributed by atoms with Gasteiger partial charge in [0.25, 0.3) is 0 Å². The summed E-state index contributed by atoms with van der Waals surface area (Å²) < 4.78 is 10.9. The predicted octanol–water partition coefficient (Wildman–Crippen LogP) is 4.04. The fraction of sp³-hybridized carbons (Fsp3) is 0.625. The van der Waals surface area contributed by atoms with Crippen molar-refractivity contribution in [2.75, 3.05) is 30.5 Å². The highest BCUT2D eigenvalue weighted by Crippen LogP contribution is 2.36. The molecule has 3 nitrogen and oxygen atoms in total. The summed E-state index contributed by atoms with van der Waals surface area (Å²) in [6.07, 6.45) is 1.20. The SMILES string of the molecule is CCOc1cc(NC2CSCC(C)(C)C2)ccc1OC. The van der Waals surface area contributed by atoms with Crippen molar-refractivity contribution in [2.45, 2.75) is 33.2 Å². The molecule has 1 aromatic carbocycles. The molecule has 0 radical (unpaired) electrons. The molecule has 0 spiro atoms. The van der Waals surface area contributed by atoms with Gasteiger partial charge in [0.1, 0.15) is 0 Å². The maximum atomic E-state index is 5.63. The summed E-state index contributed by atoms with van der Waals surface area (Å²) in [6, 6.07) is 6.59. The highest BCUT2D eigenvalue weighted by molar-refractivity contribution is 7.99. The molecule has 1 unspecified atom stereocenters. The van der Waals surface area contributed by atoms with Gasteiger partial charge in [-0.3, -0.25) is 0 Å². The molecular weight excluding hydrogens is 270 g/mol. The van der Waals surface area contributed by atoms with Crippen LogP contribution in [-0.2, 0) is 0 Å². The quantitative estimate of drug-likeness (QED) is 0.888. The predicted molar refractivity (Wildman–Crippen MR) is 87.3 cm³/mol. The van der Waals surface area contributed by atoms with E-state index in [1.165, 1.54) is 17.9 Å². The van der Waals surface area contributed by atoms with Crippen LogP contribution in [0.15, 0.2) is 18.2 Å². The number of anilines is 1. The molecule has 1 saturated heterocycles. The Morgan fingerprint density at radius 3 is 2.80 bits per heavy atom. The third kappa shape index (κ3) is 3.98. The number of nitrogens with one attached hydrogen (secondary N) is 1. The van der Waals surface area contributed by atoms with E-state index in [2.05, 4.69) is 25.2 Å². The lowest BCUT2D eigenvalue weighted by Crippen LogP contribution is -2.35. The van der Waals surface area contributed by atoms with Gasteiger partial charge in [-0.2, -0.15) is 11.8 Å². The summed E-state index contributed by atoms with van der Waals surface area (Å²) >= 11 is 2.03. The van der Waals surface area contributed by atoms with Gasteiger partial charge >= 0.3 is 0 Å². The van der Waals surface area contributed by atoms with Gasteiger partial charge in [-0.15, -0.1) is 0 Å². The zero-order valence-corrected chi connectivity index (χ0v) is 13.7. The second-order valence-electron chi connectivity index (χ2n) is 6.02. The van der Waals surface area contributed by atoms with Crippen molar-refractivity contribution < 1.29 is 9.47 Å². The van der Waals surface area contributed by atoms with Crippen molar-refractivity contribution in [2.24, 2.45) is 5.41 Å². The van der Waals surface area contributed by atoms with Crippen LogP contribution < -0.4 is 14.8 Å². The molecule has 20 heavy (non-hydrogen) atoms. The van der Waals surface area contributed by atoms with Crippen molar-refractivity contribution in [3.05, 3.63) is 18.2 Å². The van der Waals surface area contributed by atoms with Gasteiger partial charge in [-0.05, 0) is 36.6 Å². The van der Waals surface area contributed by atoms with Crippen LogP contribution in [0.1, 0.15) is 27.2 Å². The fourth-order valence-corrected chi connectivity index (χ4v) is 3.90. The van der Waals surface area contributed by atoms with E-state index in [0.29, 0.717) is 18.1 Å². The van der Waals surface area contributed by atoms with Gasteiger partial charge in [0, 0.05) is 23.5 Å². The van der Waals surface area contributed by atoms with Crippen molar-refractivity contribution in [1.29, 1.82) is 0 Å². The van der Waals surface area contributed by atoms with Crippen molar-refractivity contribution in [3.8, 4) is 11.5 Å². The molecule has 1 heterocycles. The average molecular weight is 295 g/mol. The Bertz CT molecular complexity index is 448. The minimum absolute atomic E-state index is 0.413. The summed E-state index contributed by atoms with van der Waals surface area (Å²) in [4.78, 5) is 0. The lowest BCUT2D eigenvalue weighted by molar-refractivity contribution is 0.311. The third-order valence-corrected chi connectivity index (χ3v) is 5.07. The lowest BCUT2D eigenvalue weighted by Gasteiger charge is -2.35. The summed E-state index contributed by atoms with van der Waals surface area (Å²) in [7, 11) is 1.67. The molecule has 1 fully saturated rings. The highest BCUT2D eigenvalue weighted by atomic mass is 32.2. The molecule has 2 rings (SSSR count). The molecule has 112 valence electrons. The van der Waals surface area contributed by atoms with Crippen molar-refractivity contribution >= 4 is 17.4 Å². The molecule has 1 aliphatic rings. The van der Waals surface area contributed by atoms with Gasteiger partial charge in [-0.1, -0.05) is 13.8 Å². The van der Waals surface area contributed by atoms with Crippen LogP contribution in [0.4, 0.5) is 5.69 Å². The van der Waals surface area contributed by atoms with Crippen LogP contribution in [0.2, 0.25) is 0 Å². The van der Waals surface area contributed by atoms with Crippen molar-refractivity contribution in [3.63, 3.8) is 0 Å². The normalized spacial score (nSPS) is 21.3. The highest BCUT2D eigenvalue weighted by Gasteiger charge is 2.28. The van der Waals surface area contributed by atoms with Gasteiger partial charge in [0.2, 0.25) is 0 Å². The molecule has 1 atom stereocenters. The zero-order chi connectivity index (χ0) is 14.6. The van der Waals surface area contributed by atoms with E-state index >= 15 is 0 Å². The number of rotatable bonds is 5. The van der Waals surface area contributed by atoms with Crippen LogP contribution in [0.5, 0.6) is 11.5 Å². The molecule has 0 aromatic heterocycles. The van der Waals surface area contributed by atoms with Gasteiger partial charge in [0.15, 0.2) is 11.5 Å². The Morgan fingerprint density at radius 2 is 2.15 bits per heavy atom. The topological polar surface area (TPSA) is 30.5 Å². The number of methoxy groups -OCH3 is 1. The molecule has 1 N–H and O–H groups in total. The van der Waals surface area contributed by atoms with Gasteiger partial charge in [0.05, 0.1) is 13.7 Å². The molecular formula is C16H25NO2S. The fourth-order valence-electron chi connectivity index (χ4n) is 2.63. The van der Waals surface area contributed by atoms with Gasteiger partial charge < -0.3 is 14.8 Å². The summed E-state index contributed by atoms with van der Waals surface area (Å²) in [5.41, 5.74) is 1.52. The standard InChI is InChI=1S/C16H25NO2S/c1-5-19-15-8-12(6-7-14(15)18-4)17-13-9-16(2,3)11-20-10-13/h6-8,13,17H,5,9-11H2,1-4H3. The van der Waals surface area contributed by atoms with Crippen LogP contribution in [0, 0.1) is 5.41 Å². The minimum Gasteiger partial charge on any atom is -0.493 e. The number of hydrogen-bond donors (Lipinski definition) is 1. The molecule has 0 amide bonds. The number of ether oxygens (including phenoxy) is 2. The number of hydrogen-bond acceptors (Lipinski definition) is 4. The first kappa shape index (κ1) is 15.4. The number of thioether (sulfide) groups is 1. The molecule has 0 bridgehead atoms. The number of benzene rings is 1. The van der Waals surface area contributed by atoms with Crippen LogP contribution in [0.3, 0.4) is 0 Å². The largest absolute Gasteiger partial charge is 0.493 e. The molecule has 1 aromatic rings. The van der Waals surface area contributed by atoms with Crippen LogP contribution >= 0.6 is 11.8 Å². The first-order chi connectivity index (χ1) is 9.54. The lowest BCUT2D eigenvalue weighted by atomic mass is 9.88. The Balaban J connectivity index is 2.07. The summed E-state index contributed by atoms with van der Waals surface area (Å²) in [5.74, 6) is 4.01. The maximum absolute atomic E-state index is 5.63. The van der Waals surface area contributed by atoms with Gasteiger partial charge in [-0.25, -0.2) is 0 Å². The summed E-state index contributed by atoms with van der Waals surface area (Å²) in [5, 5.41) is 3.63. The van der Waals surface area contributed by atoms with Crippen molar-refractivity contribution in [1.82, 2.24) is 0 Å². The first-order valence-electron chi connectivity index (χ1n) is 7.19. The van der Waals surface area contributed by atoms with Crippen LogP contribution in [0.25, 0.3) is 0 Å². The first-order valence-corrected chi connectivity index (χ1v) is 8.34. The zero-order valence-electron chi connectivity index (χ0n) is 12.9. The second kappa shape index (κ2) is 6.61. The smallest absolute Gasteiger partial charge is 0.163 e. The van der Waals surface area contributed by atoms with E-state index in [1.807, 2.05) is 30.8 Å². The molecule has 1 aliphatic heterocycles. The molecule has 4 heteroatoms. The Labute approximate surface area is 126 Å². The maximum Gasteiger partial charge on any atom is 0.163 e. The van der Waals surface area contributed by atoms with E-state index < -0.39 is 0 Å².